The van der Waals surface area contributed by atoms with Gasteiger partial charge in [0.1, 0.15) is 0 Å². The maximum Gasteiger partial charge on any atom is 0.0726 e. The van der Waals surface area contributed by atoms with Crippen LogP contribution in [0.2, 0.25) is 0 Å². The normalized spacial score (nSPS) is 15.8. The van der Waals surface area contributed by atoms with Crippen molar-refractivity contribution < 1.29 is 6.85 Å². The highest BCUT2D eigenvalue weighted by Gasteiger charge is 2.52. The largest absolute Gasteiger partial charge is 0.344 e. The Bertz CT molecular complexity index is 3520. The van der Waals surface area contributed by atoms with Gasteiger partial charge in [0.05, 0.1) is 12.3 Å². The van der Waals surface area contributed by atoms with Crippen molar-refractivity contribution in [1.29, 1.82) is 0 Å². The van der Waals surface area contributed by atoms with E-state index in [1.54, 1.807) is 4.90 Å². The van der Waals surface area contributed by atoms with Crippen LogP contribution in [0.1, 0.15) is 29.1 Å². The third-order valence-corrected chi connectivity index (χ3v) is 12.5. The van der Waals surface area contributed by atoms with E-state index in [9.17, 15) is 0 Å². The Morgan fingerprint density at radius 3 is 1.61 bits per heavy atom. The Morgan fingerprint density at radius 2 is 0.881 bits per heavy atom. The van der Waals surface area contributed by atoms with Crippen molar-refractivity contribution in [1.82, 2.24) is 4.57 Å². The molecule has 0 saturated heterocycles. The fraction of sp³-hybridized carbons (Fsp3) is 0.0357. The van der Waals surface area contributed by atoms with Crippen molar-refractivity contribution >= 4 is 55.9 Å². The molecule has 10 aromatic rings. The third kappa shape index (κ3) is 4.82. The molecule has 0 N–H and O–H groups in total. The summed E-state index contributed by atoms with van der Waals surface area (Å²) in [5.74, 6) is 0. The Hall–Kier alpha value is -7.62. The van der Waals surface area contributed by atoms with Gasteiger partial charge in [0, 0.05) is 63.0 Å². The minimum Gasteiger partial charge on any atom is -0.344 e. The lowest BCUT2D eigenvalue weighted by Gasteiger charge is -2.32. The smallest absolute Gasteiger partial charge is 0.0726 e. The van der Waals surface area contributed by atoms with Crippen LogP contribution in [-0.4, -0.2) is 4.57 Å². The highest BCUT2D eigenvalue weighted by atomic mass is 15.1. The summed E-state index contributed by atoms with van der Waals surface area (Å²) in [5.41, 5.74) is 15.5. The second kappa shape index (κ2) is 13.0. The molecular weight excluding hydrogens is 715 g/mol. The molecular formula is C56H39N3. The van der Waals surface area contributed by atoms with E-state index in [2.05, 4.69) is 168 Å². The maximum atomic E-state index is 9.06. The van der Waals surface area contributed by atoms with Crippen molar-refractivity contribution in [3.05, 3.63) is 241 Å². The van der Waals surface area contributed by atoms with Crippen LogP contribution in [0.4, 0.5) is 34.1 Å². The summed E-state index contributed by atoms with van der Waals surface area (Å²) in [7, 11) is 2.13. The van der Waals surface area contributed by atoms with E-state index >= 15 is 0 Å². The molecule has 1 atom stereocenters. The van der Waals surface area contributed by atoms with Gasteiger partial charge in [-0.15, -0.1) is 0 Å². The summed E-state index contributed by atoms with van der Waals surface area (Å²) < 4.78 is 46.0. The minimum absolute atomic E-state index is 0.0991. The molecule has 1 spiro atoms. The molecule has 3 heteroatoms. The monoisotopic (exact) mass is 758 g/mol. The van der Waals surface area contributed by atoms with Crippen LogP contribution < -0.4 is 9.80 Å². The van der Waals surface area contributed by atoms with E-state index in [4.69, 9.17) is 6.85 Å². The first-order chi connectivity index (χ1) is 31.3. The summed E-state index contributed by atoms with van der Waals surface area (Å²) in [5, 5.41) is 2.42. The van der Waals surface area contributed by atoms with Crippen molar-refractivity contribution in [2.45, 2.75) is 5.41 Å². The number of fused-ring (bicyclic) bond motifs is 13. The summed E-state index contributed by atoms with van der Waals surface area (Å²) in [6, 6.07) is 64.4. The molecule has 0 bridgehead atoms. The Labute approximate surface area is 351 Å². The van der Waals surface area contributed by atoms with E-state index in [-0.39, 0.29) is 29.9 Å². The number of para-hydroxylation sites is 4. The third-order valence-electron chi connectivity index (χ3n) is 12.5. The predicted octanol–water partition coefficient (Wildman–Crippen LogP) is 14.6. The van der Waals surface area contributed by atoms with Gasteiger partial charge < -0.3 is 14.4 Å². The zero-order chi connectivity index (χ0) is 43.4. The zero-order valence-corrected chi connectivity index (χ0v) is 32.2. The fourth-order valence-corrected chi connectivity index (χ4v) is 10.1. The molecule has 1 unspecified atom stereocenters. The Morgan fingerprint density at radius 1 is 0.373 bits per heavy atom. The first kappa shape index (κ1) is 28.7. The van der Waals surface area contributed by atoms with Gasteiger partial charge in [-0.1, -0.05) is 133 Å². The SMILES string of the molecule is [2H]c1c([2H])c([2H])c(N(c2ccccc2)c2ccc3c(c2)-c2ccccc2C32c3ccccc3-c3ccc(N(c4ccccc4)c4ccc5c(c4)c4ccccc4n5C)cc32)c([2H])c1[2H]. The van der Waals surface area contributed by atoms with Crippen molar-refractivity contribution in [2.75, 3.05) is 9.80 Å². The molecule has 278 valence electrons. The number of hydrogen-bond acceptors (Lipinski definition) is 2. The summed E-state index contributed by atoms with van der Waals surface area (Å²) in [6.45, 7) is 0. The minimum atomic E-state index is -0.678. The molecule has 1 aromatic heterocycles. The van der Waals surface area contributed by atoms with E-state index in [0.29, 0.717) is 11.4 Å². The average Bonchev–Trinajstić information content (AvgIpc) is 3.92. The van der Waals surface area contributed by atoms with Gasteiger partial charge in [-0.05, 0) is 129 Å². The number of anilines is 6. The van der Waals surface area contributed by atoms with Crippen LogP contribution in [0.3, 0.4) is 0 Å². The van der Waals surface area contributed by atoms with Gasteiger partial charge in [-0.3, -0.25) is 0 Å². The van der Waals surface area contributed by atoms with E-state index in [1.807, 2.05) is 36.4 Å². The summed E-state index contributed by atoms with van der Waals surface area (Å²) in [6.07, 6.45) is 0. The van der Waals surface area contributed by atoms with Gasteiger partial charge in [0.2, 0.25) is 0 Å². The number of hydrogen-bond donors (Lipinski definition) is 0. The molecule has 2 aliphatic carbocycles. The number of aromatic nitrogens is 1. The molecule has 3 nitrogen and oxygen atoms in total. The molecule has 0 radical (unpaired) electrons. The molecule has 59 heavy (non-hydrogen) atoms. The Kier molecular flexibility index (Phi) is 6.31. The molecule has 12 rings (SSSR count). The quantitative estimate of drug-likeness (QED) is 0.167. The lowest BCUT2D eigenvalue weighted by atomic mass is 9.70. The zero-order valence-electron chi connectivity index (χ0n) is 37.2. The lowest BCUT2D eigenvalue weighted by molar-refractivity contribution is 0.793. The average molecular weight is 759 g/mol. The van der Waals surface area contributed by atoms with Crippen molar-refractivity contribution in [3.63, 3.8) is 0 Å². The topological polar surface area (TPSA) is 11.4 Å². The van der Waals surface area contributed by atoms with Gasteiger partial charge in [0.25, 0.3) is 0 Å². The molecule has 2 aliphatic rings. The maximum absolute atomic E-state index is 9.06. The van der Waals surface area contributed by atoms with Gasteiger partial charge in [-0.2, -0.15) is 0 Å². The second-order valence-corrected chi connectivity index (χ2v) is 15.4. The highest BCUT2D eigenvalue weighted by molar-refractivity contribution is 6.09. The summed E-state index contributed by atoms with van der Waals surface area (Å²) in [4.78, 5) is 4.16. The second-order valence-electron chi connectivity index (χ2n) is 15.4. The van der Waals surface area contributed by atoms with E-state index in [1.165, 1.54) is 49.6 Å². The first-order valence-electron chi connectivity index (χ1n) is 22.5. The predicted molar refractivity (Wildman–Crippen MR) is 246 cm³/mol. The molecule has 0 fully saturated rings. The van der Waals surface area contributed by atoms with Gasteiger partial charge >= 0.3 is 0 Å². The van der Waals surface area contributed by atoms with Crippen LogP contribution in [0.15, 0.2) is 218 Å². The standard InChI is InChI=1S/C56H39N3/c1-57-54-28-16-13-25-47(54)49-36-42(31-34-55(49)57)59(40-21-9-4-10-22-40)43-29-32-46-44-23-11-14-26-50(44)56(53(46)37-43)51-27-15-12-24-45(51)48-35-41(30-33-52(48)56)58(38-17-5-2-6-18-38)39-19-7-3-8-20-39/h2-37H,1H3/i2D,5D,6D,17D,18D. The van der Waals surface area contributed by atoms with Crippen molar-refractivity contribution in [3.8, 4) is 22.3 Å². The van der Waals surface area contributed by atoms with Crippen LogP contribution in [0, 0.1) is 0 Å². The molecule has 0 aliphatic heterocycles. The van der Waals surface area contributed by atoms with Gasteiger partial charge in [0.15, 0.2) is 0 Å². The summed E-state index contributed by atoms with van der Waals surface area (Å²) >= 11 is 0. The lowest BCUT2D eigenvalue weighted by Crippen LogP contribution is -2.26. The van der Waals surface area contributed by atoms with Crippen LogP contribution >= 0.6 is 0 Å². The van der Waals surface area contributed by atoms with Crippen LogP contribution in [0.5, 0.6) is 0 Å². The highest BCUT2D eigenvalue weighted by Crippen LogP contribution is 2.64. The Balaban J connectivity index is 1.10. The number of rotatable bonds is 6. The van der Waals surface area contributed by atoms with E-state index in [0.717, 1.165) is 33.8 Å². The number of benzene rings is 9. The fourth-order valence-electron chi connectivity index (χ4n) is 10.1. The van der Waals surface area contributed by atoms with Crippen LogP contribution in [-0.2, 0) is 12.5 Å². The number of aryl methyl sites for hydroxylation is 1. The van der Waals surface area contributed by atoms with E-state index < -0.39 is 11.5 Å². The number of nitrogens with zero attached hydrogens (tertiary/aromatic N) is 3. The molecule has 9 aromatic carbocycles. The van der Waals surface area contributed by atoms with Crippen LogP contribution in [0.25, 0.3) is 44.1 Å². The molecule has 0 amide bonds. The van der Waals surface area contributed by atoms with Crippen molar-refractivity contribution in [2.24, 2.45) is 7.05 Å². The molecule has 0 saturated carbocycles. The van der Waals surface area contributed by atoms with Gasteiger partial charge in [-0.25, -0.2) is 0 Å². The molecule has 1 heterocycles. The first-order valence-corrected chi connectivity index (χ1v) is 20.0.